The molecule has 3 nitrogen and oxygen atoms in total. The topological polar surface area (TPSA) is 29.5 Å². The number of nitrogens with zero attached hydrogens (tertiary/aromatic N) is 1. The van der Waals surface area contributed by atoms with E-state index in [9.17, 15) is 4.79 Å². The van der Waals surface area contributed by atoms with Gasteiger partial charge in [0.15, 0.2) is 0 Å². The van der Waals surface area contributed by atoms with Crippen LogP contribution in [0.2, 0.25) is 0 Å². The van der Waals surface area contributed by atoms with Crippen LogP contribution < -0.4 is 0 Å². The first-order valence-electron chi connectivity index (χ1n) is 5.08. The van der Waals surface area contributed by atoms with E-state index in [-0.39, 0.29) is 18.1 Å². The number of carbonyl (C=O) groups is 1. The molecular weight excluding hydrogens is 190 g/mol. The Morgan fingerprint density at radius 3 is 2.67 bits per heavy atom. The van der Waals surface area contributed by atoms with E-state index in [1.807, 2.05) is 30.4 Å². The number of amides is 1. The zero-order valence-electron chi connectivity index (χ0n) is 8.17. The van der Waals surface area contributed by atoms with Gasteiger partial charge in [-0.2, -0.15) is 0 Å². The molecule has 1 aromatic carbocycles. The summed E-state index contributed by atoms with van der Waals surface area (Å²) < 4.78 is 0. The van der Waals surface area contributed by atoms with Gasteiger partial charge in [0.2, 0.25) is 0 Å². The summed E-state index contributed by atoms with van der Waals surface area (Å²) in [6.45, 7) is 0. The molecule has 2 atom stereocenters. The summed E-state index contributed by atoms with van der Waals surface area (Å²) in [5, 5.41) is 1.49. The summed E-state index contributed by atoms with van der Waals surface area (Å²) in [7, 11) is 0. The molecule has 3 rings (SSSR count). The van der Waals surface area contributed by atoms with Gasteiger partial charge in [-0.25, -0.2) is 5.06 Å². The van der Waals surface area contributed by atoms with Gasteiger partial charge in [0.25, 0.3) is 5.91 Å². The third kappa shape index (κ3) is 1.36. The minimum absolute atomic E-state index is 0.0487. The van der Waals surface area contributed by atoms with Crippen LogP contribution in [0.1, 0.15) is 16.8 Å². The van der Waals surface area contributed by atoms with Crippen LogP contribution in [0, 0.1) is 0 Å². The summed E-state index contributed by atoms with van der Waals surface area (Å²) in [5.41, 5.74) is 0.679. The SMILES string of the molecule is O=C(c1ccccc1)N1O[C@H]2C=C[C@@H]1C2. The van der Waals surface area contributed by atoms with Crippen molar-refractivity contribution in [2.75, 3.05) is 0 Å². The van der Waals surface area contributed by atoms with Crippen LogP contribution in [0.4, 0.5) is 0 Å². The smallest absolute Gasteiger partial charge is 0.267 e. The highest BCUT2D eigenvalue weighted by molar-refractivity contribution is 5.94. The van der Waals surface area contributed by atoms with Crippen LogP contribution in [0.15, 0.2) is 42.5 Å². The van der Waals surface area contributed by atoms with E-state index in [0.29, 0.717) is 5.56 Å². The summed E-state index contributed by atoms with van der Waals surface area (Å²) in [4.78, 5) is 17.5. The molecule has 0 saturated carbocycles. The van der Waals surface area contributed by atoms with Crippen molar-refractivity contribution in [3.8, 4) is 0 Å². The van der Waals surface area contributed by atoms with E-state index < -0.39 is 0 Å². The first-order chi connectivity index (χ1) is 7.34. The molecule has 1 amide bonds. The van der Waals surface area contributed by atoms with Gasteiger partial charge < -0.3 is 0 Å². The molecule has 1 saturated heterocycles. The van der Waals surface area contributed by atoms with Crippen LogP contribution in [0.3, 0.4) is 0 Å². The maximum atomic E-state index is 12.0. The average molecular weight is 201 g/mol. The third-order valence-electron chi connectivity index (χ3n) is 2.79. The molecule has 0 aromatic heterocycles. The molecule has 1 aliphatic carbocycles. The lowest BCUT2D eigenvalue weighted by Crippen LogP contribution is -2.34. The van der Waals surface area contributed by atoms with Crippen LogP contribution >= 0.6 is 0 Å². The summed E-state index contributed by atoms with van der Waals surface area (Å²) in [6.07, 6.45) is 5.05. The highest BCUT2D eigenvalue weighted by Crippen LogP contribution is 2.30. The second-order valence-electron chi connectivity index (χ2n) is 3.83. The minimum Gasteiger partial charge on any atom is -0.267 e. The Morgan fingerprint density at radius 2 is 2.07 bits per heavy atom. The Labute approximate surface area is 87.9 Å². The van der Waals surface area contributed by atoms with Crippen molar-refractivity contribution in [3.63, 3.8) is 0 Å². The van der Waals surface area contributed by atoms with E-state index in [1.165, 1.54) is 5.06 Å². The highest BCUT2D eigenvalue weighted by Gasteiger charge is 2.38. The second kappa shape index (κ2) is 3.21. The van der Waals surface area contributed by atoms with E-state index in [2.05, 4.69) is 0 Å². The van der Waals surface area contributed by atoms with Crippen molar-refractivity contribution >= 4 is 5.91 Å². The van der Waals surface area contributed by atoms with Gasteiger partial charge in [0.05, 0.1) is 6.04 Å². The van der Waals surface area contributed by atoms with E-state index >= 15 is 0 Å². The maximum absolute atomic E-state index is 12.0. The number of hydroxylamine groups is 2. The number of rotatable bonds is 1. The molecule has 2 bridgehead atoms. The lowest BCUT2D eigenvalue weighted by Gasteiger charge is -2.22. The number of carbonyl (C=O) groups excluding carboxylic acids is 1. The molecule has 0 unspecified atom stereocenters. The van der Waals surface area contributed by atoms with E-state index in [4.69, 9.17) is 4.84 Å². The molecule has 2 aliphatic rings. The molecule has 1 fully saturated rings. The lowest BCUT2D eigenvalue weighted by molar-refractivity contribution is -0.114. The molecule has 3 heteroatoms. The van der Waals surface area contributed by atoms with Crippen molar-refractivity contribution in [2.24, 2.45) is 0 Å². The number of hydrogen-bond donors (Lipinski definition) is 0. The number of hydrogen-bond acceptors (Lipinski definition) is 2. The van der Waals surface area contributed by atoms with Crippen molar-refractivity contribution in [1.82, 2.24) is 5.06 Å². The zero-order chi connectivity index (χ0) is 10.3. The first-order valence-corrected chi connectivity index (χ1v) is 5.08. The zero-order valence-corrected chi connectivity index (χ0v) is 8.17. The molecule has 0 N–H and O–H groups in total. The summed E-state index contributed by atoms with van der Waals surface area (Å²) in [6, 6.07) is 9.35. The molecule has 1 aromatic rings. The second-order valence-corrected chi connectivity index (χ2v) is 3.83. The van der Waals surface area contributed by atoms with Crippen molar-refractivity contribution in [3.05, 3.63) is 48.0 Å². The monoisotopic (exact) mass is 201 g/mol. The van der Waals surface area contributed by atoms with Gasteiger partial charge in [0.1, 0.15) is 6.10 Å². The largest absolute Gasteiger partial charge is 0.278 e. The molecule has 0 spiro atoms. The van der Waals surface area contributed by atoms with Crippen molar-refractivity contribution < 1.29 is 9.63 Å². The van der Waals surface area contributed by atoms with Gasteiger partial charge in [-0.15, -0.1) is 0 Å². The minimum atomic E-state index is -0.0487. The molecule has 1 heterocycles. The summed E-state index contributed by atoms with van der Waals surface area (Å²) >= 11 is 0. The van der Waals surface area contributed by atoms with Crippen LogP contribution in [-0.2, 0) is 4.84 Å². The number of benzene rings is 1. The van der Waals surface area contributed by atoms with Gasteiger partial charge in [0, 0.05) is 12.0 Å². The average Bonchev–Trinajstić information content (AvgIpc) is 2.91. The Morgan fingerprint density at radius 1 is 1.27 bits per heavy atom. The van der Waals surface area contributed by atoms with Gasteiger partial charge in [-0.3, -0.25) is 9.63 Å². The highest BCUT2D eigenvalue weighted by atomic mass is 16.7. The third-order valence-corrected chi connectivity index (χ3v) is 2.79. The molecular formula is C12H11NO2. The van der Waals surface area contributed by atoms with Gasteiger partial charge in [-0.1, -0.05) is 30.4 Å². The quantitative estimate of drug-likeness (QED) is 0.648. The molecule has 15 heavy (non-hydrogen) atoms. The Bertz CT molecular complexity index is 413. The Balaban J connectivity index is 1.85. The lowest BCUT2D eigenvalue weighted by atomic mass is 10.2. The maximum Gasteiger partial charge on any atom is 0.278 e. The van der Waals surface area contributed by atoms with Crippen LogP contribution in [0.25, 0.3) is 0 Å². The first kappa shape index (κ1) is 8.68. The predicted molar refractivity (Wildman–Crippen MR) is 55.0 cm³/mol. The van der Waals surface area contributed by atoms with E-state index in [0.717, 1.165) is 6.42 Å². The van der Waals surface area contributed by atoms with Gasteiger partial charge >= 0.3 is 0 Å². The van der Waals surface area contributed by atoms with E-state index in [1.54, 1.807) is 12.1 Å². The van der Waals surface area contributed by atoms with Gasteiger partial charge in [-0.05, 0) is 12.1 Å². The van der Waals surface area contributed by atoms with Crippen molar-refractivity contribution in [1.29, 1.82) is 0 Å². The molecule has 1 aliphatic heterocycles. The Hall–Kier alpha value is -1.61. The normalized spacial score (nSPS) is 27.3. The van der Waals surface area contributed by atoms with Crippen LogP contribution in [0.5, 0.6) is 0 Å². The number of fused-ring (bicyclic) bond motifs is 2. The van der Waals surface area contributed by atoms with Crippen LogP contribution in [-0.4, -0.2) is 23.1 Å². The predicted octanol–water partition coefficient (Wildman–Crippen LogP) is 1.77. The molecule has 76 valence electrons. The molecule has 0 radical (unpaired) electrons. The van der Waals surface area contributed by atoms with Crippen molar-refractivity contribution in [2.45, 2.75) is 18.6 Å². The fourth-order valence-corrected chi connectivity index (χ4v) is 2.03. The Kier molecular flexibility index (Phi) is 1.86. The fraction of sp³-hybridized carbons (Fsp3) is 0.250. The fourth-order valence-electron chi connectivity index (χ4n) is 2.03. The standard InChI is InChI=1S/C12H11NO2/c14-12(9-4-2-1-3-5-9)13-10-6-7-11(8-10)15-13/h1-7,10-11H,8H2/t10-,11+/m1/s1. The summed E-state index contributed by atoms with van der Waals surface area (Å²) in [5.74, 6) is -0.0487.